The standard InChI is InChI=1S/C12H12F2N4O3/c13-12(14)17-4-3-16-11(17)7-21-10-2-1-9(18(19)20)5-8(10)6-15/h1-5,12H,6-7,15H2. The summed E-state index contributed by atoms with van der Waals surface area (Å²) in [5.41, 5.74) is 5.81. The van der Waals surface area contributed by atoms with Crippen molar-refractivity contribution in [2.45, 2.75) is 19.7 Å². The monoisotopic (exact) mass is 298 g/mol. The molecule has 0 aliphatic heterocycles. The number of aromatic nitrogens is 2. The zero-order valence-electron chi connectivity index (χ0n) is 10.8. The fourth-order valence-electron chi connectivity index (χ4n) is 1.76. The molecule has 0 aliphatic carbocycles. The number of non-ortho nitro benzene ring substituents is 1. The van der Waals surface area contributed by atoms with Crippen LogP contribution in [0.25, 0.3) is 0 Å². The van der Waals surface area contributed by atoms with Crippen LogP contribution in [0.3, 0.4) is 0 Å². The third-order valence-electron chi connectivity index (χ3n) is 2.79. The summed E-state index contributed by atoms with van der Waals surface area (Å²) in [7, 11) is 0. The number of benzene rings is 1. The van der Waals surface area contributed by atoms with E-state index in [4.69, 9.17) is 10.5 Å². The van der Waals surface area contributed by atoms with Gasteiger partial charge in [0.2, 0.25) is 0 Å². The van der Waals surface area contributed by atoms with Gasteiger partial charge in [-0.1, -0.05) is 0 Å². The number of imidazole rings is 1. The highest BCUT2D eigenvalue weighted by molar-refractivity contribution is 5.43. The largest absolute Gasteiger partial charge is 0.485 e. The Bertz CT molecular complexity index is 645. The molecule has 1 aromatic carbocycles. The van der Waals surface area contributed by atoms with Gasteiger partial charge in [0.15, 0.2) is 5.82 Å². The molecule has 0 fully saturated rings. The van der Waals surface area contributed by atoms with E-state index in [1.165, 1.54) is 24.4 Å². The average Bonchev–Trinajstić information content (AvgIpc) is 2.93. The molecule has 0 spiro atoms. The maximum atomic E-state index is 12.6. The number of hydrogen-bond acceptors (Lipinski definition) is 5. The summed E-state index contributed by atoms with van der Waals surface area (Å²) in [6.07, 6.45) is 2.38. The van der Waals surface area contributed by atoms with Crippen molar-refractivity contribution in [1.29, 1.82) is 0 Å². The first-order valence-corrected chi connectivity index (χ1v) is 5.93. The smallest absolute Gasteiger partial charge is 0.320 e. The fraction of sp³-hybridized carbons (Fsp3) is 0.250. The first kappa shape index (κ1) is 14.9. The third kappa shape index (κ3) is 3.31. The Hall–Kier alpha value is -2.55. The van der Waals surface area contributed by atoms with Crippen molar-refractivity contribution in [3.05, 3.63) is 52.1 Å². The molecular weight excluding hydrogens is 286 g/mol. The molecule has 2 rings (SSSR count). The van der Waals surface area contributed by atoms with Crippen LogP contribution in [-0.4, -0.2) is 14.5 Å². The number of nitro benzene ring substituents is 1. The molecule has 21 heavy (non-hydrogen) atoms. The van der Waals surface area contributed by atoms with Gasteiger partial charge in [-0.3, -0.25) is 14.7 Å². The van der Waals surface area contributed by atoms with Crippen molar-refractivity contribution in [3.8, 4) is 5.75 Å². The van der Waals surface area contributed by atoms with E-state index >= 15 is 0 Å². The Morgan fingerprint density at radius 1 is 1.48 bits per heavy atom. The third-order valence-corrected chi connectivity index (χ3v) is 2.79. The van der Waals surface area contributed by atoms with Crippen LogP contribution in [-0.2, 0) is 13.2 Å². The van der Waals surface area contributed by atoms with E-state index in [0.29, 0.717) is 15.9 Å². The van der Waals surface area contributed by atoms with Gasteiger partial charge in [0.25, 0.3) is 5.69 Å². The Morgan fingerprint density at radius 2 is 2.24 bits per heavy atom. The number of nitro groups is 1. The number of rotatable bonds is 6. The highest BCUT2D eigenvalue weighted by Gasteiger charge is 2.14. The molecule has 0 unspecified atom stereocenters. The van der Waals surface area contributed by atoms with E-state index in [9.17, 15) is 18.9 Å². The Labute approximate surface area is 118 Å². The molecule has 0 saturated heterocycles. The van der Waals surface area contributed by atoms with E-state index in [1.54, 1.807) is 0 Å². The van der Waals surface area contributed by atoms with Gasteiger partial charge >= 0.3 is 6.55 Å². The highest BCUT2D eigenvalue weighted by Crippen LogP contribution is 2.25. The van der Waals surface area contributed by atoms with E-state index in [-0.39, 0.29) is 24.7 Å². The lowest BCUT2D eigenvalue weighted by Crippen LogP contribution is -2.09. The van der Waals surface area contributed by atoms with Crippen LogP contribution in [0.4, 0.5) is 14.5 Å². The second-order valence-electron chi connectivity index (χ2n) is 4.07. The molecule has 0 atom stereocenters. The van der Waals surface area contributed by atoms with Crippen molar-refractivity contribution in [2.24, 2.45) is 5.73 Å². The summed E-state index contributed by atoms with van der Waals surface area (Å²) in [5, 5.41) is 10.7. The Morgan fingerprint density at radius 3 is 2.86 bits per heavy atom. The second kappa shape index (κ2) is 6.27. The summed E-state index contributed by atoms with van der Waals surface area (Å²) in [4.78, 5) is 13.9. The quantitative estimate of drug-likeness (QED) is 0.651. The van der Waals surface area contributed by atoms with Crippen LogP contribution >= 0.6 is 0 Å². The number of halogens is 2. The summed E-state index contributed by atoms with van der Waals surface area (Å²) < 4.78 is 31.3. The number of nitrogens with zero attached hydrogens (tertiary/aromatic N) is 3. The van der Waals surface area contributed by atoms with Crippen molar-refractivity contribution < 1.29 is 18.4 Å². The predicted octanol–water partition coefficient (Wildman–Crippen LogP) is 2.22. The van der Waals surface area contributed by atoms with Crippen LogP contribution in [0.5, 0.6) is 5.75 Å². The summed E-state index contributed by atoms with van der Waals surface area (Å²) >= 11 is 0. The lowest BCUT2D eigenvalue weighted by molar-refractivity contribution is -0.384. The fourth-order valence-corrected chi connectivity index (χ4v) is 1.76. The van der Waals surface area contributed by atoms with Crippen molar-refractivity contribution in [1.82, 2.24) is 9.55 Å². The van der Waals surface area contributed by atoms with Gasteiger partial charge in [0, 0.05) is 36.6 Å². The zero-order valence-corrected chi connectivity index (χ0v) is 10.8. The molecule has 0 amide bonds. The van der Waals surface area contributed by atoms with Gasteiger partial charge in [-0.05, 0) is 6.07 Å². The normalized spacial score (nSPS) is 10.9. The maximum Gasteiger partial charge on any atom is 0.320 e. The van der Waals surface area contributed by atoms with Gasteiger partial charge in [-0.25, -0.2) is 4.98 Å². The summed E-state index contributed by atoms with van der Waals surface area (Å²) in [6.45, 7) is -2.88. The predicted molar refractivity (Wildman–Crippen MR) is 68.8 cm³/mol. The molecule has 2 N–H and O–H groups in total. The second-order valence-corrected chi connectivity index (χ2v) is 4.07. The molecule has 1 aromatic heterocycles. The van der Waals surface area contributed by atoms with Crippen LogP contribution in [0, 0.1) is 10.1 Å². The van der Waals surface area contributed by atoms with Crippen LogP contribution < -0.4 is 10.5 Å². The van der Waals surface area contributed by atoms with Crippen molar-refractivity contribution in [2.75, 3.05) is 0 Å². The van der Waals surface area contributed by atoms with E-state index < -0.39 is 11.5 Å². The summed E-state index contributed by atoms with van der Waals surface area (Å²) in [6, 6.07) is 3.93. The summed E-state index contributed by atoms with van der Waals surface area (Å²) in [5.74, 6) is 0.346. The lowest BCUT2D eigenvalue weighted by Gasteiger charge is -2.11. The zero-order chi connectivity index (χ0) is 15.4. The molecule has 112 valence electrons. The lowest BCUT2D eigenvalue weighted by atomic mass is 10.2. The molecule has 7 nitrogen and oxygen atoms in total. The Kier molecular flexibility index (Phi) is 4.43. The number of hydrogen-bond donors (Lipinski definition) is 1. The van der Waals surface area contributed by atoms with Crippen molar-refractivity contribution >= 4 is 5.69 Å². The van der Waals surface area contributed by atoms with Gasteiger partial charge < -0.3 is 10.5 Å². The molecule has 1 heterocycles. The van der Waals surface area contributed by atoms with E-state index in [0.717, 1.165) is 6.20 Å². The minimum Gasteiger partial charge on any atom is -0.485 e. The number of ether oxygens (including phenoxy) is 1. The molecule has 0 saturated carbocycles. The van der Waals surface area contributed by atoms with Crippen molar-refractivity contribution in [3.63, 3.8) is 0 Å². The molecule has 2 aromatic rings. The number of nitrogens with two attached hydrogens (primary N) is 1. The van der Waals surface area contributed by atoms with E-state index in [2.05, 4.69) is 4.98 Å². The van der Waals surface area contributed by atoms with Gasteiger partial charge in [0.1, 0.15) is 12.4 Å². The minimum atomic E-state index is -2.71. The molecular formula is C12H12F2N4O3. The maximum absolute atomic E-state index is 12.6. The first-order chi connectivity index (χ1) is 10.0. The molecule has 0 radical (unpaired) electrons. The van der Waals surface area contributed by atoms with Gasteiger partial charge in [0.05, 0.1) is 4.92 Å². The molecule has 0 bridgehead atoms. The van der Waals surface area contributed by atoms with Crippen LogP contribution in [0.15, 0.2) is 30.6 Å². The number of alkyl halides is 2. The highest BCUT2D eigenvalue weighted by atomic mass is 19.3. The topological polar surface area (TPSA) is 96.2 Å². The van der Waals surface area contributed by atoms with Crippen LogP contribution in [0.1, 0.15) is 17.9 Å². The minimum absolute atomic E-state index is 0.0281. The van der Waals surface area contributed by atoms with Crippen LogP contribution in [0.2, 0.25) is 0 Å². The van der Waals surface area contributed by atoms with Gasteiger partial charge in [-0.2, -0.15) is 8.78 Å². The first-order valence-electron chi connectivity index (χ1n) is 5.93. The van der Waals surface area contributed by atoms with E-state index in [1.807, 2.05) is 0 Å². The SMILES string of the molecule is NCc1cc([N+](=O)[O-])ccc1OCc1nccn1C(F)F. The molecule has 0 aliphatic rings. The average molecular weight is 298 g/mol. The Balaban J connectivity index is 2.16. The van der Waals surface area contributed by atoms with Gasteiger partial charge in [-0.15, -0.1) is 0 Å². The molecule has 9 heteroatoms.